The van der Waals surface area contributed by atoms with Gasteiger partial charge in [-0.05, 0) is 6.07 Å². The second kappa shape index (κ2) is 7.42. The van der Waals surface area contributed by atoms with E-state index in [1.807, 2.05) is 6.07 Å². The SMILES string of the molecule is CN(Cc1cnn(C)c1)C(=O)c1cnn2c(C(F)F)cc(-c3ccccc3)nc12. The standard InChI is InChI=1S/C20H18F2N6O/c1-26(11-13-9-23-27(2)12-13)20(29)15-10-24-28-17(18(21)22)8-16(25-19(15)28)14-6-4-3-5-7-14/h3-10,12,18H,11H2,1-2H3. The molecule has 0 aliphatic heterocycles. The summed E-state index contributed by atoms with van der Waals surface area (Å²) in [5.74, 6) is -0.359. The fourth-order valence-electron chi connectivity index (χ4n) is 3.15. The molecule has 0 radical (unpaired) electrons. The number of carbonyl (C=O) groups is 1. The minimum atomic E-state index is -2.76. The van der Waals surface area contributed by atoms with Gasteiger partial charge >= 0.3 is 0 Å². The Labute approximate surface area is 165 Å². The maximum atomic E-state index is 13.7. The first kappa shape index (κ1) is 18.7. The van der Waals surface area contributed by atoms with Gasteiger partial charge in [-0.2, -0.15) is 10.2 Å². The average Bonchev–Trinajstić information content (AvgIpc) is 3.33. The smallest absolute Gasteiger partial charge is 0.280 e. The van der Waals surface area contributed by atoms with E-state index in [2.05, 4.69) is 15.2 Å². The molecule has 9 heteroatoms. The van der Waals surface area contributed by atoms with Crippen LogP contribution in [0.25, 0.3) is 16.9 Å². The number of aromatic nitrogens is 5. The molecular formula is C20H18F2N6O. The van der Waals surface area contributed by atoms with Gasteiger partial charge in [0.15, 0.2) is 5.65 Å². The summed E-state index contributed by atoms with van der Waals surface area (Å²) in [5, 5.41) is 8.08. The number of hydrogen-bond donors (Lipinski definition) is 0. The fraction of sp³-hybridized carbons (Fsp3) is 0.200. The molecule has 0 N–H and O–H groups in total. The third kappa shape index (κ3) is 3.58. The number of rotatable bonds is 5. The average molecular weight is 396 g/mol. The lowest BCUT2D eigenvalue weighted by atomic mass is 10.1. The molecule has 0 atom stereocenters. The van der Waals surface area contributed by atoms with E-state index in [1.165, 1.54) is 17.2 Å². The molecular weight excluding hydrogens is 378 g/mol. The van der Waals surface area contributed by atoms with Crippen LogP contribution in [0.15, 0.2) is 55.0 Å². The predicted molar refractivity (Wildman–Crippen MR) is 102 cm³/mol. The van der Waals surface area contributed by atoms with Crippen LogP contribution < -0.4 is 0 Å². The normalized spacial score (nSPS) is 11.3. The largest absolute Gasteiger partial charge is 0.337 e. The lowest BCUT2D eigenvalue weighted by Gasteiger charge is -2.15. The van der Waals surface area contributed by atoms with E-state index in [1.54, 1.807) is 55.4 Å². The Bertz CT molecular complexity index is 1170. The first-order valence-electron chi connectivity index (χ1n) is 8.89. The zero-order valence-corrected chi connectivity index (χ0v) is 15.8. The summed E-state index contributed by atoms with van der Waals surface area (Å²) in [4.78, 5) is 18.9. The number of aryl methyl sites for hydroxylation is 1. The molecule has 3 aromatic heterocycles. The van der Waals surface area contributed by atoms with Gasteiger partial charge in [0.25, 0.3) is 12.3 Å². The molecule has 3 heterocycles. The van der Waals surface area contributed by atoms with Gasteiger partial charge in [-0.1, -0.05) is 30.3 Å². The van der Waals surface area contributed by atoms with Crippen molar-refractivity contribution in [2.24, 2.45) is 7.05 Å². The lowest BCUT2D eigenvalue weighted by Crippen LogP contribution is -2.26. The van der Waals surface area contributed by atoms with Gasteiger partial charge in [0, 0.05) is 38.0 Å². The molecule has 0 aliphatic rings. The van der Waals surface area contributed by atoms with Gasteiger partial charge in [0.05, 0.1) is 18.1 Å². The van der Waals surface area contributed by atoms with Gasteiger partial charge in [-0.3, -0.25) is 9.48 Å². The van der Waals surface area contributed by atoms with E-state index in [0.717, 1.165) is 10.1 Å². The van der Waals surface area contributed by atoms with E-state index >= 15 is 0 Å². The van der Waals surface area contributed by atoms with Crippen LogP contribution >= 0.6 is 0 Å². The van der Waals surface area contributed by atoms with Crippen LogP contribution in [-0.2, 0) is 13.6 Å². The molecule has 0 spiro atoms. The van der Waals surface area contributed by atoms with Crippen LogP contribution in [0.1, 0.15) is 28.0 Å². The second-order valence-corrected chi connectivity index (χ2v) is 6.71. The number of amides is 1. The summed E-state index contributed by atoms with van der Waals surface area (Å²) in [6.07, 6.45) is 1.99. The number of hydrogen-bond acceptors (Lipinski definition) is 4. The molecule has 0 unspecified atom stereocenters. The highest BCUT2D eigenvalue weighted by Gasteiger charge is 2.23. The Hall–Kier alpha value is -3.62. The number of nitrogens with zero attached hydrogens (tertiary/aromatic N) is 6. The fourth-order valence-corrected chi connectivity index (χ4v) is 3.15. The molecule has 1 amide bonds. The number of carbonyl (C=O) groups excluding carboxylic acids is 1. The van der Waals surface area contributed by atoms with Gasteiger partial charge in [0.1, 0.15) is 11.3 Å². The molecule has 7 nitrogen and oxygen atoms in total. The molecule has 0 aliphatic carbocycles. The first-order chi connectivity index (χ1) is 13.9. The Kier molecular flexibility index (Phi) is 4.79. The van der Waals surface area contributed by atoms with Crippen LogP contribution in [0.2, 0.25) is 0 Å². The molecule has 29 heavy (non-hydrogen) atoms. The quantitative estimate of drug-likeness (QED) is 0.519. The van der Waals surface area contributed by atoms with Crippen molar-refractivity contribution in [3.8, 4) is 11.3 Å². The number of benzene rings is 1. The van der Waals surface area contributed by atoms with Crippen LogP contribution in [0.3, 0.4) is 0 Å². The summed E-state index contributed by atoms with van der Waals surface area (Å²) in [5.41, 5.74) is 1.84. The Morgan fingerprint density at radius 1 is 1.17 bits per heavy atom. The summed E-state index contributed by atoms with van der Waals surface area (Å²) in [7, 11) is 3.42. The monoisotopic (exact) mass is 396 g/mol. The van der Waals surface area contributed by atoms with Crippen LogP contribution in [0.5, 0.6) is 0 Å². The second-order valence-electron chi connectivity index (χ2n) is 6.71. The van der Waals surface area contributed by atoms with Crippen LogP contribution in [0, 0.1) is 0 Å². The Morgan fingerprint density at radius 2 is 1.93 bits per heavy atom. The summed E-state index contributed by atoms with van der Waals surface area (Å²) < 4.78 is 30.0. The molecule has 0 bridgehead atoms. The van der Waals surface area contributed by atoms with E-state index < -0.39 is 6.43 Å². The van der Waals surface area contributed by atoms with E-state index in [4.69, 9.17) is 0 Å². The van der Waals surface area contributed by atoms with Gasteiger partial charge in [-0.15, -0.1) is 0 Å². The number of alkyl halides is 2. The molecule has 0 saturated carbocycles. The highest BCUT2D eigenvalue weighted by atomic mass is 19.3. The highest BCUT2D eigenvalue weighted by molar-refractivity contribution is 5.99. The number of halogens is 2. The van der Waals surface area contributed by atoms with Crippen molar-refractivity contribution in [2.75, 3.05) is 7.05 Å². The maximum Gasteiger partial charge on any atom is 0.280 e. The zero-order valence-electron chi connectivity index (χ0n) is 15.8. The van der Waals surface area contributed by atoms with Crippen molar-refractivity contribution >= 4 is 11.6 Å². The first-order valence-corrected chi connectivity index (χ1v) is 8.89. The van der Waals surface area contributed by atoms with E-state index in [-0.39, 0.29) is 22.8 Å². The molecule has 148 valence electrons. The van der Waals surface area contributed by atoms with Crippen molar-refractivity contribution in [2.45, 2.75) is 13.0 Å². The minimum absolute atomic E-state index is 0.102. The van der Waals surface area contributed by atoms with Crippen molar-refractivity contribution in [3.05, 3.63) is 71.8 Å². The summed E-state index contributed by atoms with van der Waals surface area (Å²) in [6, 6.07) is 10.3. The van der Waals surface area contributed by atoms with Crippen molar-refractivity contribution in [1.82, 2.24) is 29.3 Å². The topological polar surface area (TPSA) is 68.3 Å². The molecule has 1 aromatic carbocycles. The molecule has 4 aromatic rings. The van der Waals surface area contributed by atoms with Crippen molar-refractivity contribution in [1.29, 1.82) is 0 Å². The van der Waals surface area contributed by atoms with Gasteiger partial charge in [0.2, 0.25) is 0 Å². The lowest BCUT2D eigenvalue weighted by molar-refractivity contribution is 0.0786. The minimum Gasteiger partial charge on any atom is -0.337 e. The zero-order chi connectivity index (χ0) is 20.5. The summed E-state index contributed by atoms with van der Waals surface area (Å²) in [6.45, 7) is 0.324. The Morgan fingerprint density at radius 3 is 2.59 bits per heavy atom. The summed E-state index contributed by atoms with van der Waals surface area (Å²) >= 11 is 0. The van der Waals surface area contributed by atoms with Crippen molar-refractivity contribution < 1.29 is 13.6 Å². The Balaban J connectivity index is 1.76. The molecule has 0 fully saturated rings. The van der Waals surface area contributed by atoms with Gasteiger partial charge < -0.3 is 4.90 Å². The van der Waals surface area contributed by atoms with E-state index in [0.29, 0.717) is 17.8 Å². The maximum absolute atomic E-state index is 13.7. The molecule has 4 rings (SSSR count). The highest BCUT2D eigenvalue weighted by Crippen LogP contribution is 2.27. The van der Waals surface area contributed by atoms with E-state index in [9.17, 15) is 13.6 Å². The molecule has 0 saturated heterocycles. The van der Waals surface area contributed by atoms with Gasteiger partial charge in [-0.25, -0.2) is 18.3 Å². The van der Waals surface area contributed by atoms with Crippen molar-refractivity contribution in [3.63, 3.8) is 0 Å². The predicted octanol–water partition coefficient (Wildman–Crippen LogP) is 3.34. The van der Waals surface area contributed by atoms with Crippen LogP contribution in [0.4, 0.5) is 8.78 Å². The third-order valence-corrected chi connectivity index (χ3v) is 4.55. The van der Waals surface area contributed by atoms with Crippen LogP contribution in [-0.4, -0.2) is 42.2 Å². The third-order valence-electron chi connectivity index (χ3n) is 4.55. The number of fused-ring (bicyclic) bond motifs is 1.